The number of nitrogens with one attached hydrogen (secondary N) is 1. The fourth-order valence-electron chi connectivity index (χ4n) is 2.70. The summed E-state index contributed by atoms with van der Waals surface area (Å²) in [4.78, 5) is 18.8. The van der Waals surface area contributed by atoms with E-state index in [4.69, 9.17) is 0 Å². The van der Waals surface area contributed by atoms with Crippen molar-refractivity contribution >= 4 is 34.4 Å². The minimum absolute atomic E-state index is 0.0895. The predicted molar refractivity (Wildman–Crippen MR) is 90.3 cm³/mol. The summed E-state index contributed by atoms with van der Waals surface area (Å²) >= 11 is 1.83. The smallest absolute Gasteiger partial charge is 0.322 e. The molecule has 1 atom stereocenters. The molecular formula is C16H19N3O2S. The van der Waals surface area contributed by atoms with Crippen molar-refractivity contribution in [3.8, 4) is 0 Å². The molecule has 0 radical (unpaired) electrons. The number of pyridine rings is 1. The monoisotopic (exact) mass is 317 g/mol. The standard InChI is InChI=1S/C16H19N3O2S/c20-9-6-13-11-22-10-8-19(13)16(21)18-14-5-1-3-12-4-2-7-17-15(12)14/h1-5,7,13,20H,6,8-11H2,(H,18,21)/t13-/m1/s1. The summed E-state index contributed by atoms with van der Waals surface area (Å²) < 4.78 is 0. The van der Waals surface area contributed by atoms with Crippen molar-refractivity contribution < 1.29 is 9.90 Å². The first-order valence-corrected chi connectivity index (χ1v) is 8.55. The predicted octanol–water partition coefficient (Wildman–Crippen LogP) is 2.57. The maximum atomic E-state index is 12.6. The second-order valence-corrected chi connectivity index (χ2v) is 6.40. The number of rotatable bonds is 3. The molecule has 5 nitrogen and oxygen atoms in total. The third-order valence-corrected chi connectivity index (χ3v) is 4.92. The molecule has 1 aliphatic heterocycles. The van der Waals surface area contributed by atoms with Gasteiger partial charge in [-0.1, -0.05) is 18.2 Å². The van der Waals surface area contributed by atoms with Crippen molar-refractivity contribution in [3.05, 3.63) is 36.5 Å². The Bertz CT molecular complexity index is 657. The van der Waals surface area contributed by atoms with Crippen LogP contribution in [0.1, 0.15) is 6.42 Å². The van der Waals surface area contributed by atoms with Gasteiger partial charge < -0.3 is 15.3 Å². The first kappa shape index (κ1) is 15.1. The van der Waals surface area contributed by atoms with Crippen LogP contribution in [0.2, 0.25) is 0 Å². The lowest BCUT2D eigenvalue weighted by Gasteiger charge is -2.35. The van der Waals surface area contributed by atoms with Gasteiger partial charge in [0.25, 0.3) is 0 Å². The van der Waals surface area contributed by atoms with E-state index in [9.17, 15) is 9.90 Å². The number of fused-ring (bicyclic) bond motifs is 1. The second-order valence-electron chi connectivity index (χ2n) is 5.25. The lowest BCUT2D eigenvalue weighted by Crippen LogP contribution is -2.48. The van der Waals surface area contributed by atoms with E-state index in [2.05, 4.69) is 10.3 Å². The van der Waals surface area contributed by atoms with Crippen LogP contribution in [0.15, 0.2) is 36.5 Å². The molecule has 1 aromatic heterocycles. The van der Waals surface area contributed by atoms with Crippen molar-refractivity contribution in [1.82, 2.24) is 9.88 Å². The number of anilines is 1. The average Bonchev–Trinajstić information content (AvgIpc) is 2.56. The van der Waals surface area contributed by atoms with Crippen LogP contribution in [0, 0.1) is 0 Å². The lowest BCUT2D eigenvalue weighted by atomic mass is 10.2. The highest BCUT2D eigenvalue weighted by Crippen LogP contribution is 2.23. The van der Waals surface area contributed by atoms with Gasteiger partial charge in [0.05, 0.1) is 11.2 Å². The van der Waals surface area contributed by atoms with E-state index in [1.54, 1.807) is 6.20 Å². The maximum absolute atomic E-state index is 12.6. The molecule has 1 aromatic carbocycles. The summed E-state index contributed by atoms with van der Waals surface area (Å²) in [5.41, 5.74) is 1.52. The molecule has 116 valence electrons. The maximum Gasteiger partial charge on any atom is 0.322 e. The molecule has 1 saturated heterocycles. The van der Waals surface area contributed by atoms with Crippen LogP contribution >= 0.6 is 11.8 Å². The first-order chi connectivity index (χ1) is 10.8. The molecule has 2 aromatic rings. The molecule has 0 spiro atoms. The number of hydrogen-bond acceptors (Lipinski definition) is 4. The first-order valence-electron chi connectivity index (χ1n) is 7.39. The molecule has 1 fully saturated rings. The average molecular weight is 317 g/mol. The quantitative estimate of drug-likeness (QED) is 0.913. The van der Waals surface area contributed by atoms with Crippen LogP contribution in [0.4, 0.5) is 10.5 Å². The molecule has 22 heavy (non-hydrogen) atoms. The van der Waals surface area contributed by atoms with Gasteiger partial charge in [-0.05, 0) is 18.6 Å². The molecule has 0 saturated carbocycles. The third-order valence-electron chi connectivity index (χ3n) is 3.83. The van der Waals surface area contributed by atoms with Crippen LogP contribution in [0.3, 0.4) is 0 Å². The topological polar surface area (TPSA) is 65.5 Å². The van der Waals surface area contributed by atoms with E-state index < -0.39 is 0 Å². The summed E-state index contributed by atoms with van der Waals surface area (Å²) in [6, 6.07) is 9.59. The fourth-order valence-corrected chi connectivity index (χ4v) is 3.81. The van der Waals surface area contributed by atoms with E-state index >= 15 is 0 Å². The van der Waals surface area contributed by atoms with Gasteiger partial charge in [-0.25, -0.2) is 4.79 Å². The molecule has 0 unspecified atom stereocenters. The van der Waals surface area contributed by atoms with Crippen molar-refractivity contribution in [3.63, 3.8) is 0 Å². The lowest BCUT2D eigenvalue weighted by molar-refractivity contribution is 0.177. The molecular weight excluding hydrogens is 298 g/mol. The summed E-state index contributed by atoms with van der Waals surface area (Å²) in [7, 11) is 0. The molecule has 0 bridgehead atoms. The van der Waals surface area contributed by atoms with E-state index in [1.165, 1.54) is 0 Å². The molecule has 3 rings (SSSR count). The number of aliphatic hydroxyl groups is 1. The number of benzene rings is 1. The van der Waals surface area contributed by atoms with Gasteiger partial charge in [0, 0.05) is 42.3 Å². The number of thioether (sulfide) groups is 1. The largest absolute Gasteiger partial charge is 0.396 e. The summed E-state index contributed by atoms with van der Waals surface area (Å²) in [5, 5.41) is 13.1. The number of carbonyl (C=O) groups excluding carboxylic acids is 1. The Morgan fingerprint density at radius 3 is 3.14 bits per heavy atom. The number of para-hydroxylation sites is 1. The van der Waals surface area contributed by atoms with Crippen molar-refractivity contribution in [2.45, 2.75) is 12.5 Å². The van der Waals surface area contributed by atoms with Crippen molar-refractivity contribution in [2.24, 2.45) is 0 Å². The highest BCUT2D eigenvalue weighted by molar-refractivity contribution is 7.99. The molecule has 2 N–H and O–H groups in total. The minimum Gasteiger partial charge on any atom is -0.396 e. The summed E-state index contributed by atoms with van der Waals surface area (Å²) in [6.45, 7) is 0.810. The van der Waals surface area contributed by atoms with Crippen LogP contribution < -0.4 is 5.32 Å². The Kier molecular flexibility index (Phi) is 4.80. The number of aliphatic hydroxyl groups excluding tert-OH is 1. The number of carbonyl (C=O) groups is 1. The highest BCUT2D eigenvalue weighted by Gasteiger charge is 2.26. The zero-order valence-electron chi connectivity index (χ0n) is 12.2. The Morgan fingerprint density at radius 1 is 1.41 bits per heavy atom. The van der Waals surface area contributed by atoms with E-state index in [0.717, 1.165) is 28.1 Å². The fraction of sp³-hybridized carbons (Fsp3) is 0.375. The van der Waals surface area contributed by atoms with Gasteiger partial charge in [0.1, 0.15) is 0 Å². The van der Waals surface area contributed by atoms with Gasteiger partial charge in [-0.2, -0.15) is 11.8 Å². The number of nitrogens with zero attached hydrogens (tertiary/aromatic N) is 2. The Hall–Kier alpha value is -1.79. The highest BCUT2D eigenvalue weighted by atomic mass is 32.2. The SMILES string of the molecule is O=C(Nc1cccc2cccnc12)N1CCSC[C@H]1CCO. The van der Waals surface area contributed by atoms with Crippen LogP contribution in [-0.2, 0) is 0 Å². The van der Waals surface area contributed by atoms with Crippen molar-refractivity contribution in [2.75, 3.05) is 30.0 Å². The Morgan fingerprint density at radius 2 is 2.27 bits per heavy atom. The van der Waals surface area contributed by atoms with Crippen LogP contribution in [0.25, 0.3) is 10.9 Å². The van der Waals surface area contributed by atoms with Gasteiger partial charge in [0.15, 0.2) is 0 Å². The van der Waals surface area contributed by atoms with E-state index in [1.807, 2.05) is 47.0 Å². The van der Waals surface area contributed by atoms with Crippen molar-refractivity contribution in [1.29, 1.82) is 0 Å². The van der Waals surface area contributed by atoms with Gasteiger partial charge in [-0.15, -0.1) is 0 Å². The summed E-state index contributed by atoms with van der Waals surface area (Å²) in [6.07, 6.45) is 2.35. The van der Waals surface area contributed by atoms with Crippen LogP contribution in [0.5, 0.6) is 0 Å². The number of aromatic nitrogens is 1. The number of amides is 2. The van der Waals surface area contributed by atoms with E-state index in [-0.39, 0.29) is 18.7 Å². The second kappa shape index (κ2) is 6.98. The number of urea groups is 1. The van der Waals surface area contributed by atoms with E-state index in [0.29, 0.717) is 13.0 Å². The van der Waals surface area contributed by atoms with Gasteiger partial charge in [0.2, 0.25) is 0 Å². The molecule has 2 heterocycles. The normalized spacial score (nSPS) is 18.4. The molecule has 1 aliphatic rings. The van der Waals surface area contributed by atoms with Gasteiger partial charge >= 0.3 is 6.03 Å². The third kappa shape index (κ3) is 3.18. The zero-order chi connectivity index (χ0) is 15.4. The number of hydrogen-bond donors (Lipinski definition) is 2. The Labute approximate surface area is 133 Å². The molecule has 2 amide bonds. The van der Waals surface area contributed by atoms with Crippen LogP contribution in [-0.4, -0.2) is 51.7 Å². The zero-order valence-corrected chi connectivity index (χ0v) is 13.1. The summed E-state index contributed by atoms with van der Waals surface area (Å²) in [5.74, 6) is 1.81. The van der Waals surface area contributed by atoms with Gasteiger partial charge in [-0.3, -0.25) is 4.98 Å². The molecule has 6 heteroatoms. The minimum atomic E-state index is -0.114. The molecule has 0 aliphatic carbocycles. The Balaban J connectivity index is 1.80.